The summed E-state index contributed by atoms with van der Waals surface area (Å²) < 4.78 is 0. The van der Waals surface area contributed by atoms with Gasteiger partial charge in [-0.1, -0.05) is 83.4 Å². The van der Waals surface area contributed by atoms with Crippen molar-refractivity contribution in [2.45, 2.75) is 13.8 Å². The van der Waals surface area contributed by atoms with E-state index in [4.69, 9.17) is 11.6 Å². The molecular formula is C22H17Cl. The van der Waals surface area contributed by atoms with Gasteiger partial charge < -0.3 is 0 Å². The summed E-state index contributed by atoms with van der Waals surface area (Å²) in [6.07, 6.45) is 0. The molecule has 0 saturated heterocycles. The maximum absolute atomic E-state index is 6.76. The van der Waals surface area contributed by atoms with Crippen molar-refractivity contribution in [1.82, 2.24) is 0 Å². The number of halogens is 1. The summed E-state index contributed by atoms with van der Waals surface area (Å²) in [7, 11) is 0. The summed E-state index contributed by atoms with van der Waals surface area (Å²) in [5.74, 6) is 0. The third-order valence-electron chi connectivity index (χ3n) is 4.42. The second-order valence-electron chi connectivity index (χ2n) is 6.15. The zero-order chi connectivity index (χ0) is 16.0. The largest absolute Gasteiger partial charge is 0.0830 e. The maximum Gasteiger partial charge on any atom is 0.0563 e. The highest BCUT2D eigenvalue weighted by Gasteiger charge is 2.14. The third kappa shape index (κ3) is 2.31. The molecule has 4 rings (SSSR count). The van der Waals surface area contributed by atoms with Crippen LogP contribution in [0.4, 0.5) is 0 Å². The molecule has 0 nitrogen and oxygen atoms in total. The Kier molecular flexibility index (Phi) is 3.36. The van der Waals surface area contributed by atoms with Crippen molar-refractivity contribution < 1.29 is 0 Å². The van der Waals surface area contributed by atoms with Gasteiger partial charge in [0.25, 0.3) is 0 Å². The van der Waals surface area contributed by atoms with E-state index in [-0.39, 0.29) is 0 Å². The topological polar surface area (TPSA) is 0 Å². The fraction of sp³-hybridized carbons (Fsp3) is 0.0909. The Bertz CT molecular complexity index is 1030. The molecule has 0 atom stereocenters. The third-order valence-corrected chi connectivity index (χ3v) is 4.83. The lowest BCUT2D eigenvalue weighted by atomic mass is 9.90. The van der Waals surface area contributed by atoms with Crippen LogP contribution in [0.15, 0.2) is 66.7 Å². The molecule has 4 aromatic rings. The van der Waals surface area contributed by atoms with Gasteiger partial charge in [0.2, 0.25) is 0 Å². The first-order chi connectivity index (χ1) is 11.1. The summed E-state index contributed by atoms with van der Waals surface area (Å²) >= 11 is 6.76. The van der Waals surface area contributed by atoms with Gasteiger partial charge >= 0.3 is 0 Å². The van der Waals surface area contributed by atoms with Crippen LogP contribution in [0.25, 0.3) is 32.7 Å². The van der Waals surface area contributed by atoms with Gasteiger partial charge in [0.15, 0.2) is 0 Å². The fourth-order valence-electron chi connectivity index (χ4n) is 3.32. The van der Waals surface area contributed by atoms with E-state index >= 15 is 0 Å². The van der Waals surface area contributed by atoms with Crippen LogP contribution < -0.4 is 0 Å². The number of hydrogen-bond acceptors (Lipinski definition) is 0. The summed E-state index contributed by atoms with van der Waals surface area (Å²) in [6.45, 7) is 4.23. The number of hydrogen-bond donors (Lipinski definition) is 0. The maximum atomic E-state index is 6.76. The van der Waals surface area contributed by atoms with Crippen LogP contribution in [0, 0.1) is 13.8 Å². The number of benzene rings is 4. The lowest BCUT2D eigenvalue weighted by Gasteiger charge is -2.15. The average molecular weight is 317 g/mol. The van der Waals surface area contributed by atoms with E-state index in [1.165, 1.54) is 33.0 Å². The van der Waals surface area contributed by atoms with Crippen LogP contribution >= 0.6 is 11.6 Å². The number of rotatable bonds is 1. The number of fused-ring (bicyclic) bond motifs is 2. The fourth-order valence-corrected chi connectivity index (χ4v) is 3.64. The van der Waals surface area contributed by atoms with E-state index in [1.54, 1.807) is 0 Å². The van der Waals surface area contributed by atoms with Gasteiger partial charge in [0, 0.05) is 10.8 Å². The van der Waals surface area contributed by atoms with Crippen molar-refractivity contribution in [2.24, 2.45) is 0 Å². The number of aryl methyl sites for hydroxylation is 2. The highest BCUT2D eigenvalue weighted by Crippen LogP contribution is 2.41. The predicted molar refractivity (Wildman–Crippen MR) is 101 cm³/mol. The van der Waals surface area contributed by atoms with E-state index in [0.29, 0.717) is 0 Å². The zero-order valence-electron chi connectivity index (χ0n) is 13.2. The Morgan fingerprint density at radius 3 is 1.91 bits per heavy atom. The van der Waals surface area contributed by atoms with Crippen LogP contribution in [-0.4, -0.2) is 0 Å². The highest BCUT2D eigenvalue weighted by molar-refractivity contribution is 6.42. The van der Waals surface area contributed by atoms with Crippen molar-refractivity contribution in [1.29, 1.82) is 0 Å². The highest BCUT2D eigenvalue weighted by atomic mass is 35.5. The molecule has 0 spiro atoms. The van der Waals surface area contributed by atoms with E-state index < -0.39 is 0 Å². The molecule has 0 aromatic heterocycles. The predicted octanol–water partition coefficient (Wildman–Crippen LogP) is 6.93. The van der Waals surface area contributed by atoms with E-state index in [1.807, 2.05) is 0 Å². The van der Waals surface area contributed by atoms with Crippen LogP contribution in [0.5, 0.6) is 0 Å². The minimum atomic E-state index is 0.846. The zero-order valence-corrected chi connectivity index (χ0v) is 14.0. The molecule has 4 aromatic carbocycles. The van der Waals surface area contributed by atoms with Crippen LogP contribution in [0.3, 0.4) is 0 Å². The quantitative estimate of drug-likeness (QED) is 0.334. The first-order valence-corrected chi connectivity index (χ1v) is 8.20. The Balaban J connectivity index is 2.28. The molecule has 0 fully saturated rings. The van der Waals surface area contributed by atoms with Crippen molar-refractivity contribution in [3.63, 3.8) is 0 Å². The van der Waals surface area contributed by atoms with Crippen LogP contribution in [0.2, 0.25) is 5.02 Å². The van der Waals surface area contributed by atoms with Crippen molar-refractivity contribution >= 4 is 33.1 Å². The Labute approximate surface area is 141 Å². The van der Waals surface area contributed by atoms with Gasteiger partial charge in [-0.25, -0.2) is 0 Å². The Morgan fingerprint density at radius 1 is 0.609 bits per heavy atom. The molecule has 0 heterocycles. The van der Waals surface area contributed by atoms with Gasteiger partial charge in [-0.05, 0) is 41.8 Å². The molecule has 0 unspecified atom stereocenters. The molecule has 23 heavy (non-hydrogen) atoms. The van der Waals surface area contributed by atoms with Crippen LogP contribution in [-0.2, 0) is 0 Å². The normalized spacial score (nSPS) is 11.3. The average Bonchev–Trinajstić information content (AvgIpc) is 2.56. The van der Waals surface area contributed by atoms with E-state index in [0.717, 1.165) is 15.8 Å². The lowest BCUT2D eigenvalue weighted by Crippen LogP contribution is -1.89. The monoisotopic (exact) mass is 316 g/mol. The summed E-state index contributed by atoms with van der Waals surface area (Å²) in [5.41, 5.74) is 4.97. The van der Waals surface area contributed by atoms with Crippen molar-refractivity contribution in [2.75, 3.05) is 0 Å². The molecule has 0 bridgehead atoms. The molecule has 0 amide bonds. The first kappa shape index (κ1) is 14.3. The standard InChI is InChI=1S/C22H17Cl/c1-14-9-11-18-19(12-14)21(16-6-4-3-5-7-16)17-10-8-15(2)13-20(17)22(18)23/h3-13H,1-2H3. The first-order valence-electron chi connectivity index (χ1n) is 7.83. The van der Waals surface area contributed by atoms with Gasteiger partial charge in [0.1, 0.15) is 0 Å². The molecule has 0 aliphatic heterocycles. The second kappa shape index (κ2) is 5.40. The summed E-state index contributed by atoms with van der Waals surface area (Å²) in [5, 5.41) is 5.52. The molecular weight excluding hydrogens is 300 g/mol. The molecule has 0 aliphatic rings. The van der Waals surface area contributed by atoms with Gasteiger partial charge in [0.05, 0.1) is 5.02 Å². The SMILES string of the molecule is Cc1ccc2c(-c3ccccc3)c3cc(C)ccc3c(Cl)c2c1. The molecule has 0 aliphatic carbocycles. The molecule has 0 saturated carbocycles. The van der Waals surface area contributed by atoms with E-state index in [9.17, 15) is 0 Å². The Hall–Kier alpha value is -2.31. The lowest BCUT2D eigenvalue weighted by molar-refractivity contribution is 1.49. The van der Waals surface area contributed by atoms with Crippen molar-refractivity contribution in [3.05, 3.63) is 82.9 Å². The second-order valence-corrected chi connectivity index (χ2v) is 6.53. The Morgan fingerprint density at radius 2 is 1.22 bits per heavy atom. The van der Waals surface area contributed by atoms with Crippen LogP contribution in [0.1, 0.15) is 11.1 Å². The smallest absolute Gasteiger partial charge is 0.0563 e. The van der Waals surface area contributed by atoms with E-state index in [2.05, 4.69) is 80.6 Å². The summed E-state index contributed by atoms with van der Waals surface area (Å²) in [6, 6.07) is 23.6. The van der Waals surface area contributed by atoms with Gasteiger partial charge in [-0.3, -0.25) is 0 Å². The molecule has 0 radical (unpaired) electrons. The minimum absolute atomic E-state index is 0.846. The van der Waals surface area contributed by atoms with Gasteiger partial charge in [-0.2, -0.15) is 0 Å². The molecule has 112 valence electrons. The molecule has 1 heteroatoms. The van der Waals surface area contributed by atoms with Gasteiger partial charge in [-0.15, -0.1) is 0 Å². The molecule has 0 N–H and O–H groups in total. The van der Waals surface area contributed by atoms with Crippen molar-refractivity contribution in [3.8, 4) is 11.1 Å². The minimum Gasteiger partial charge on any atom is -0.0830 e. The summed E-state index contributed by atoms with van der Waals surface area (Å²) in [4.78, 5) is 0.